The fraction of sp³-hybridized carbons (Fsp3) is 0.556. The predicted molar refractivity (Wildman–Crippen MR) is 150 cm³/mol. The standard InChI is InChI=1S/C27H39F3N8O5/c28-27(29,30)25(42)43-14-20(24(41)37-19(22(33)39)7-4-12-36-26(34)35)38-23(40)18(16-5-2-1-3-6-16)13-15-8-10-17(11-9-15)21(31)32/h8-11,16,18-20H,1-7,12-14H2,(H3,31,32)(H2,33,39)(H,37,41)(H,38,40)(H4,34,35,36)/t18-,19-,20-/m0/s1. The number of nitrogens with two attached hydrogens (primary N) is 3. The molecule has 0 saturated heterocycles. The number of benzene rings is 1. The van der Waals surface area contributed by atoms with Crippen molar-refractivity contribution < 1.29 is 37.1 Å². The summed E-state index contributed by atoms with van der Waals surface area (Å²) in [6.45, 7) is -0.965. The molecule has 1 saturated carbocycles. The van der Waals surface area contributed by atoms with Crippen LogP contribution in [0.2, 0.25) is 0 Å². The number of alkyl halides is 3. The SMILES string of the molecule is N=C(N)NCCC[C@H](NC(=O)[C@H](COC(=O)C(F)(F)F)NC(=O)[C@@H](Cc1ccc(C(=N)N)cc1)C1CCCCC1)C(N)=O. The number of nitrogen functional groups attached to an aromatic ring is 1. The Morgan fingerprint density at radius 3 is 2.07 bits per heavy atom. The molecule has 238 valence electrons. The van der Waals surface area contributed by atoms with E-state index < -0.39 is 54.5 Å². The van der Waals surface area contributed by atoms with Crippen LogP contribution < -0.4 is 33.2 Å². The first-order valence-corrected chi connectivity index (χ1v) is 13.8. The second kappa shape index (κ2) is 16.3. The van der Waals surface area contributed by atoms with Gasteiger partial charge in [0.05, 0.1) is 0 Å². The van der Waals surface area contributed by atoms with Crippen LogP contribution >= 0.6 is 0 Å². The first-order valence-electron chi connectivity index (χ1n) is 13.8. The number of primary amides is 1. The molecule has 16 heteroatoms. The highest BCUT2D eigenvalue weighted by Crippen LogP contribution is 2.32. The molecule has 1 aliphatic carbocycles. The minimum Gasteiger partial charge on any atom is -0.456 e. The Hall–Kier alpha value is -4.37. The average molecular weight is 613 g/mol. The van der Waals surface area contributed by atoms with Gasteiger partial charge < -0.3 is 37.9 Å². The normalized spacial score (nSPS) is 15.8. The summed E-state index contributed by atoms with van der Waals surface area (Å²) in [5.74, 6) is -6.39. The molecule has 1 aromatic carbocycles. The smallest absolute Gasteiger partial charge is 0.456 e. The third-order valence-corrected chi connectivity index (χ3v) is 7.17. The van der Waals surface area contributed by atoms with E-state index in [1.165, 1.54) is 0 Å². The quantitative estimate of drug-likeness (QED) is 0.0600. The molecule has 0 aromatic heterocycles. The van der Waals surface area contributed by atoms with Gasteiger partial charge in [0.1, 0.15) is 24.5 Å². The molecule has 13 nitrogen and oxygen atoms in total. The Morgan fingerprint density at radius 1 is 0.930 bits per heavy atom. The van der Waals surface area contributed by atoms with Gasteiger partial charge in [0.15, 0.2) is 5.96 Å². The summed E-state index contributed by atoms with van der Waals surface area (Å²) in [4.78, 5) is 50.2. The van der Waals surface area contributed by atoms with Crippen molar-refractivity contribution in [2.45, 2.75) is 69.6 Å². The van der Waals surface area contributed by atoms with Gasteiger partial charge in [-0.3, -0.25) is 25.2 Å². The highest BCUT2D eigenvalue weighted by Gasteiger charge is 2.42. The number of halogens is 3. The van der Waals surface area contributed by atoms with Crippen molar-refractivity contribution in [1.29, 1.82) is 10.8 Å². The van der Waals surface area contributed by atoms with Crippen LogP contribution in [0.3, 0.4) is 0 Å². The topological polar surface area (TPSA) is 239 Å². The summed E-state index contributed by atoms with van der Waals surface area (Å²) in [7, 11) is 0. The van der Waals surface area contributed by atoms with Crippen LogP contribution in [0.1, 0.15) is 56.1 Å². The zero-order chi connectivity index (χ0) is 32.2. The van der Waals surface area contributed by atoms with Gasteiger partial charge in [-0.15, -0.1) is 0 Å². The molecule has 0 unspecified atom stereocenters. The Kier molecular flexibility index (Phi) is 13.2. The molecule has 1 aliphatic rings. The Balaban J connectivity index is 2.26. The highest BCUT2D eigenvalue weighted by atomic mass is 19.4. The number of carbonyl (C=O) groups excluding carboxylic acids is 4. The van der Waals surface area contributed by atoms with Crippen LogP contribution in [-0.2, 0) is 30.3 Å². The number of hydrogen-bond donors (Lipinski definition) is 8. The van der Waals surface area contributed by atoms with E-state index in [1.807, 2.05) is 0 Å². The number of amidine groups is 1. The Morgan fingerprint density at radius 2 is 1.53 bits per heavy atom. The minimum atomic E-state index is -5.33. The van der Waals surface area contributed by atoms with Crippen molar-refractivity contribution in [2.24, 2.45) is 29.0 Å². The zero-order valence-electron chi connectivity index (χ0n) is 23.6. The van der Waals surface area contributed by atoms with Crippen LogP contribution in [0.5, 0.6) is 0 Å². The monoisotopic (exact) mass is 612 g/mol. The molecule has 2 rings (SSSR count). The van der Waals surface area contributed by atoms with Crippen molar-refractivity contribution in [3.63, 3.8) is 0 Å². The summed E-state index contributed by atoms with van der Waals surface area (Å²) in [6.07, 6.45) is -0.673. The minimum absolute atomic E-state index is 0.00862. The molecule has 3 atom stereocenters. The number of ether oxygens (including phenoxy) is 1. The fourth-order valence-corrected chi connectivity index (χ4v) is 4.87. The van der Waals surface area contributed by atoms with Crippen molar-refractivity contribution in [2.75, 3.05) is 13.2 Å². The number of carbonyl (C=O) groups is 4. The molecule has 1 fully saturated rings. The van der Waals surface area contributed by atoms with Gasteiger partial charge >= 0.3 is 12.1 Å². The largest absolute Gasteiger partial charge is 0.490 e. The summed E-state index contributed by atoms with van der Waals surface area (Å²) >= 11 is 0. The van der Waals surface area contributed by atoms with Crippen LogP contribution in [0.4, 0.5) is 13.2 Å². The van der Waals surface area contributed by atoms with Crippen molar-refractivity contribution >= 4 is 35.5 Å². The van der Waals surface area contributed by atoms with Crippen LogP contribution in [0.15, 0.2) is 24.3 Å². The predicted octanol–water partition coefficient (Wildman–Crippen LogP) is 0.533. The van der Waals surface area contributed by atoms with Gasteiger partial charge in [0.25, 0.3) is 0 Å². The molecule has 0 spiro atoms. The number of guanidine groups is 1. The van der Waals surface area contributed by atoms with E-state index in [1.54, 1.807) is 24.3 Å². The molecule has 1 aromatic rings. The molecule has 3 amide bonds. The number of hydrogen-bond acceptors (Lipinski definition) is 7. The summed E-state index contributed by atoms with van der Waals surface area (Å²) in [5, 5.41) is 22.0. The lowest BCUT2D eigenvalue weighted by Crippen LogP contribution is -2.56. The second-order valence-electron chi connectivity index (χ2n) is 10.4. The lowest BCUT2D eigenvalue weighted by molar-refractivity contribution is -0.200. The average Bonchev–Trinajstić information content (AvgIpc) is 2.94. The maximum atomic E-state index is 13.6. The third kappa shape index (κ3) is 11.8. The van der Waals surface area contributed by atoms with Crippen LogP contribution in [0, 0.1) is 22.7 Å². The van der Waals surface area contributed by atoms with Gasteiger partial charge in [-0.05, 0) is 43.6 Å². The van der Waals surface area contributed by atoms with E-state index in [4.69, 9.17) is 28.0 Å². The first kappa shape index (κ1) is 34.8. The summed E-state index contributed by atoms with van der Waals surface area (Å²) in [6, 6.07) is 3.67. The molecule has 43 heavy (non-hydrogen) atoms. The molecule has 0 radical (unpaired) electrons. The maximum Gasteiger partial charge on any atom is 0.490 e. The van der Waals surface area contributed by atoms with E-state index >= 15 is 0 Å². The van der Waals surface area contributed by atoms with Gasteiger partial charge in [0.2, 0.25) is 17.7 Å². The van der Waals surface area contributed by atoms with E-state index in [0.29, 0.717) is 5.56 Å². The molecular formula is C27H39F3N8O5. The van der Waals surface area contributed by atoms with Gasteiger partial charge in [-0.2, -0.15) is 13.2 Å². The lowest BCUT2D eigenvalue weighted by Gasteiger charge is -2.31. The molecule has 11 N–H and O–H groups in total. The number of amides is 3. The van der Waals surface area contributed by atoms with Gasteiger partial charge in [0, 0.05) is 18.0 Å². The Labute approximate surface area is 246 Å². The van der Waals surface area contributed by atoms with Crippen LogP contribution in [0.25, 0.3) is 0 Å². The first-order chi connectivity index (χ1) is 20.2. The summed E-state index contributed by atoms with van der Waals surface area (Å²) < 4.78 is 42.8. The van der Waals surface area contributed by atoms with E-state index in [9.17, 15) is 32.3 Å². The Bertz CT molecular complexity index is 1160. The third-order valence-electron chi connectivity index (χ3n) is 7.17. The molecular weight excluding hydrogens is 573 g/mol. The second-order valence-corrected chi connectivity index (χ2v) is 10.4. The maximum absolute atomic E-state index is 13.6. The summed E-state index contributed by atoms with van der Waals surface area (Å²) in [5.41, 5.74) is 17.3. The molecule has 0 bridgehead atoms. The molecule has 0 aliphatic heterocycles. The zero-order valence-corrected chi connectivity index (χ0v) is 23.6. The highest BCUT2D eigenvalue weighted by molar-refractivity contribution is 5.95. The van der Waals surface area contributed by atoms with Crippen molar-refractivity contribution in [1.82, 2.24) is 16.0 Å². The van der Waals surface area contributed by atoms with Crippen LogP contribution in [-0.4, -0.2) is 66.9 Å². The van der Waals surface area contributed by atoms with Crippen molar-refractivity contribution in [3.05, 3.63) is 35.4 Å². The number of esters is 1. The fourth-order valence-electron chi connectivity index (χ4n) is 4.87. The van der Waals surface area contributed by atoms with Gasteiger partial charge in [-0.1, -0.05) is 43.5 Å². The lowest BCUT2D eigenvalue weighted by atomic mass is 9.76. The van der Waals surface area contributed by atoms with Crippen molar-refractivity contribution in [3.8, 4) is 0 Å². The van der Waals surface area contributed by atoms with E-state index in [0.717, 1.165) is 37.7 Å². The number of nitrogens with one attached hydrogen (secondary N) is 5. The number of rotatable bonds is 15. The van der Waals surface area contributed by atoms with E-state index in [-0.39, 0.29) is 43.5 Å². The van der Waals surface area contributed by atoms with E-state index in [2.05, 4.69) is 20.7 Å². The van der Waals surface area contributed by atoms with Gasteiger partial charge in [-0.25, -0.2) is 4.79 Å². The molecule has 0 heterocycles.